The summed E-state index contributed by atoms with van der Waals surface area (Å²) in [5.74, 6) is 0. The van der Waals surface area contributed by atoms with E-state index in [4.69, 9.17) is 5.73 Å². The van der Waals surface area contributed by atoms with Crippen LogP contribution >= 0.6 is 0 Å². The Hall–Kier alpha value is -1.90. The topological polar surface area (TPSA) is 105 Å². The number of nitrogens with zero attached hydrogens (tertiary/aromatic N) is 1. The number of rotatable bonds is 8. The lowest BCUT2D eigenvalue weighted by Gasteiger charge is -2.16. The van der Waals surface area contributed by atoms with Gasteiger partial charge < -0.3 is 16.0 Å². The molecule has 3 rings (SSSR count). The van der Waals surface area contributed by atoms with Gasteiger partial charge in [0.25, 0.3) is 10.0 Å². The summed E-state index contributed by atoms with van der Waals surface area (Å²) in [6.45, 7) is 1.86. The average Bonchev–Trinajstić information content (AvgIpc) is 3.28. The minimum absolute atomic E-state index is 0.474. The van der Waals surface area contributed by atoms with Crippen molar-refractivity contribution in [2.45, 2.75) is 44.9 Å². The molecule has 4 N–H and O–H groups in total. The Balaban J connectivity index is 1.63. The number of likely N-dealkylation sites (N-methyl/N-ethyl adjacent to an activating group) is 1. The van der Waals surface area contributed by atoms with Gasteiger partial charge in [0, 0.05) is 17.6 Å². The lowest BCUT2D eigenvalue weighted by atomic mass is 9.99. The number of carbonyl (C=O) groups is 1. The van der Waals surface area contributed by atoms with Crippen LogP contribution in [0.3, 0.4) is 0 Å². The molecule has 0 spiro atoms. The number of hydrogen-bond acceptors (Lipinski definition) is 5. The molecule has 2 aliphatic rings. The average molecular weight is 407 g/mol. The first kappa shape index (κ1) is 20.8. The molecular formula is C20H30N4O3S. The molecule has 0 heterocycles. The normalized spacial score (nSPS) is 15.8. The van der Waals surface area contributed by atoms with E-state index in [9.17, 15) is 13.2 Å². The van der Waals surface area contributed by atoms with E-state index < -0.39 is 16.1 Å². The Morgan fingerprint density at radius 3 is 2.43 bits per heavy atom. The van der Waals surface area contributed by atoms with E-state index in [0.29, 0.717) is 13.1 Å². The molecule has 0 saturated carbocycles. The predicted molar refractivity (Wildman–Crippen MR) is 112 cm³/mol. The number of anilines is 1. The van der Waals surface area contributed by atoms with Crippen LogP contribution < -0.4 is 15.8 Å². The van der Waals surface area contributed by atoms with E-state index in [1.165, 1.54) is 28.3 Å². The zero-order valence-electron chi connectivity index (χ0n) is 16.5. The fourth-order valence-corrected chi connectivity index (χ4v) is 4.79. The predicted octanol–water partition coefficient (Wildman–Crippen LogP) is 1.91. The van der Waals surface area contributed by atoms with Gasteiger partial charge in [-0.05, 0) is 87.3 Å². The zero-order chi connectivity index (χ0) is 20.1. The number of benzene rings is 1. The summed E-state index contributed by atoms with van der Waals surface area (Å²) in [7, 11) is -1.95. The van der Waals surface area contributed by atoms with E-state index in [1.807, 2.05) is 11.9 Å². The van der Waals surface area contributed by atoms with Crippen LogP contribution in [0.25, 0.3) is 0 Å². The Morgan fingerprint density at radius 2 is 1.82 bits per heavy atom. The summed E-state index contributed by atoms with van der Waals surface area (Å²) in [6, 6.07) is 1.57. The smallest absolute Gasteiger partial charge is 0.330 e. The molecule has 28 heavy (non-hydrogen) atoms. The molecule has 2 amide bonds. The molecule has 0 unspecified atom stereocenters. The third-order valence-corrected chi connectivity index (χ3v) is 6.40. The number of carbonyl (C=O) groups excluding carboxylic acids is 1. The van der Waals surface area contributed by atoms with Crippen LogP contribution in [-0.2, 0) is 35.7 Å². The van der Waals surface area contributed by atoms with Crippen LogP contribution in [-0.4, -0.2) is 46.0 Å². The monoisotopic (exact) mass is 406 g/mol. The van der Waals surface area contributed by atoms with Gasteiger partial charge in [-0.3, -0.25) is 0 Å². The van der Waals surface area contributed by atoms with Crippen LogP contribution in [0.5, 0.6) is 0 Å². The Kier molecular flexibility index (Phi) is 6.74. The number of urea groups is 1. The Bertz CT molecular complexity index is 832. The Morgan fingerprint density at radius 1 is 1.18 bits per heavy atom. The first-order chi connectivity index (χ1) is 13.4. The highest BCUT2D eigenvalue weighted by atomic mass is 32.2. The molecule has 0 fully saturated rings. The molecule has 0 atom stereocenters. The molecule has 154 valence electrons. The third kappa shape index (κ3) is 5.12. The summed E-state index contributed by atoms with van der Waals surface area (Å²) in [4.78, 5) is 14.4. The molecule has 1 aromatic rings. The second-order valence-electron chi connectivity index (χ2n) is 7.61. The maximum atomic E-state index is 12.4. The van der Waals surface area contributed by atoms with Gasteiger partial charge in [-0.15, -0.1) is 0 Å². The fourth-order valence-electron chi connectivity index (χ4n) is 4.07. The summed E-state index contributed by atoms with van der Waals surface area (Å²) in [5.41, 5.74) is 11.2. The maximum absolute atomic E-state index is 12.4. The lowest BCUT2D eigenvalue weighted by molar-refractivity contribution is 0.256. The van der Waals surface area contributed by atoms with Gasteiger partial charge in [-0.2, -0.15) is 0 Å². The van der Waals surface area contributed by atoms with Crippen molar-refractivity contribution < 1.29 is 13.2 Å². The second kappa shape index (κ2) is 9.07. The highest BCUT2D eigenvalue weighted by Crippen LogP contribution is 2.38. The molecule has 0 saturated heterocycles. The quantitative estimate of drug-likeness (QED) is 0.612. The number of fused-ring (bicyclic) bond motifs is 2. The number of nitrogens with two attached hydrogens (primary N) is 1. The fraction of sp³-hybridized carbons (Fsp3) is 0.550. The van der Waals surface area contributed by atoms with E-state index in [-0.39, 0.29) is 0 Å². The SMILES string of the molecule is CN(C/C=C/S(=O)(=O)NC(=O)Nc1c2c(cc3c1CCC3)CCC2)CCCN. The van der Waals surface area contributed by atoms with Gasteiger partial charge in [0.2, 0.25) is 0 Å². The number of nitrogens with one attached hydrogen (secondary N) is 2. The van der Waals surface area contributed by atoms with Gasteiger partial charge >= 0.3 is 6.03 Å². The van der Waals surface area contributed by atoms with Crippen molar-refractivity contribution in [3.8, 4) is 0 Å². The van der Waals surface area contributed by atoms with Crippen LogP contribution in [0.1, 0.15) is 41.5 Å². The largest absolute Gasteiger partial charge is 0.333 e. The van der Waals surface area contributed by atoms with Gasteiger partial charge in [-0.1, -0.05) is 12.1 Å². The first-order valence-corrected chi connectivity index (χ1v) is 11.5. The molecule has 0 radical (unpaired) electrons. The van der Waals surface area contributed by atoms with Gasteiger partial charge in [-0.25, -0.2) is 17.9 Å². The number of amides is 2. The standard InChI is InChI=1S/C20H30N4O3S/c1-24(11-4-10-21)12-5-13-28(26,27)23-20(25)22-19-17-8-2-6-15(17)14-16-7-3-9-18(16)19/h5,13-14H,2-4,6-12,21H2,1H3,(H2,22,23,25)/b13-5+. The van der Waals surface area contributed by atoms with E-state index >= 15 is 0 Å². The number of sulfonamides is 1. The summed E-state index contributed by atoms with van der Waals surface area (Å²) >= 11 is 0. The summed E-state index contributed by atoms with van der Waals surface area (Å²) < 4.78 is 26.5. The molecule has 0 aromatic heterocycles. The van der Waals surface area contributed by atoms with Gasteiger partial charge in [0.1, 0.15) is 0 Å². The highest BCUT2D eigenvalue weighted by Gasteiger charge is 2.25. The zero-order valence-corrected chi connectivity index (χ0v) is 17.3. The number of aryl methyl sites for hydroxylation is 2. The van der Waals surface area contributed by atoms with E-state index in [2.05, 4.69) is 16.1 Å². The van der Waals surface area contributed by atoms with Crippen LogP contribution in [0, 0.1) is 0 Å². The van der Waals surface area contributed by atoms with Crippen molar-refractivity contribution >= 4 is 21.7 Å². The van der Waals surface area contributed by atoms with E-state index in [1.54, 1.807) is 0 Å². The van der Waals surface area contributed by atoms with Crippen LogP contribution in [0.4, 0.5) is 10.5 Å². The summed E-state index contributed by atoms with van der Waals surface area (Å²) in [5, 5.41) is 3.89. The lowest BCUT2D eigenvalue weighted by Crippen LogP contribution is -2.33. The van der Waals surface area contributed by atoms with Crippen molar-refractivity contribution in [2.24, 2.45) is 5.73 Å². The van der Waals surface area contributed by atoms with Crippen molar-refractivity contribution in [1.82, 2.24) is 9.62 Å². The Labute approximate surface area is 167 Å². The minimum atomic E-state index is -3.84. The first-order valence-electron chi connectivity index (χ1n) is 9.95. The molecular weight excluding hydrogens is 376 g/mol. The summed E-state index contributed by atoms with van der Waals surface area (Å²) in [6.07, 6.45) is 8.45. The molecule has 2 aliphatic carbocycles. The third-order valence-electron chi connectivity index (χ3n) is 5.38. The van der Waals surface area contributed by atoms with Crippen LogP contribution in [0.15, 0.2) is 17.6 Å². The highest BCUT2D eigenvalue weighted by molar-refractivity contribution is 7.92. The van der Waals surface area contributed by atoms with Gasteiger partial charge in [0.05, 0.1) is 0 Å². The second-order valence-corrected chi connectivity index (χ2v) is 9.18. The van der Waals surface area contributed by atoms with Crippen molar-refractivity contribution in [1.29, 1.82) is 0 Å². The van der Waals surface area contributed by atoms with Crippen molar-refractivity contribution in [2.75, 3.05) is 32.0 Å². The molecule has 0 aliphatic heterocycles. The van der Waals surface area contributed by atoms with Crippen molar-refractivity contribution in [3.63, 3.8) is 0 Å². The molecule has 1 aromatic carbocycles. The maximum Gasteiger partial charge on any atom is 0.333 e. The number of hydrogen-bond donors (Lipinski definition) is 3. The van der Waals surface area contributed by atoms with Gasteiger partial charge in [0.15, 0.2) is 0 Å². The van der Waals surface area contributed by atoms with Crippen molar-refractivity contribution in [3.05, 3.63) is 39.8 Å². The minimum Gasteiger partial charge on any atom is -0.330 e. The van der Waals surface area contributed by atoms with E-state index in [0.717, 1.165) is 62.6 Å². The molecule has 8 heteroatoms. The molecule has 0 bridgehead atoms. The molecule has 7 nitrogen and oxygen atoms in total. The van der Waals surface area contributed by atoms with Crippen LogP contribution in [0.2, 0.25) is 0 Å².